The van der Waals surface area contributed by atoms with Crippen molar-refractivity contribution in [1.82, 2.24) is 15.1 Å². The summed E-state index contributed by atoms with van der Waals surface area (Å²) in [4.78, 5) is 16.9. The van der Waals surface area contributed by atoms with Crippen LogP contribution >= 0.6 is 0 Å². The molecule has 3 rings (SSSR count). The highest BCUT2D eigenvalue weighted by Crippen LogP contribution is 2.32. The van der Waals surface area contributed by atoms with Crippen LogP contribution in [-0.4, -0.2) is 65.3 Å². The molecule has 1 saturated carbocycles. The zero-order chi connectivity index (χ0) is 21.1. The number of carbonyl (C=O) groups is 1. The Labute approximate surface area is 176 Å². The standard InChI is InChI=1S/C23H40N4O2/c1-22(2,3)29-21(28)26-16-12-23(4,17-26)27-14-10-19(11-15-27)25-20-8-6-5-7-18(20)9-13-24/h18-20,25H,5-12,14-17H2,1-4H3/t18-,20+,23?/m1/s1. The van der Waals surface area contributed by atoms with Gasteiger partial charge in [0.05, 0.1) is 6.07 Å². The number of ether oxygens (including phenoxy) is 1. The molecule has 6 nitrogen and oxygen atoms in total. The van der Waals surface area contributed by atoms with Crippen molar-refractivity contribution in [3.63, 3.8) is 0 Å². The molecule has 1 amide bonds. The highest BCUT2D eigenvalue weighted by molar-refractivity contribution is 5.68. The molecule has 6 heteroatoms. The van der Waals surface area contributed by atoms with Crippen molar-refractivity contribution in [3.05, 3.63) is 0 Å². The maximum absolute atomic E-state index is 12.4. The first-order chi connectivity index (χ1) is 13.7. The summed E-state index contributed by atoms with van der Waals surface area (Å²) in [6.07, 6.45) is 8.80. The van der Waals surface area contributed by atoms with Gasteiger partial charge in [0, 0.05) is 50.2 Å². The van der Waals surface area contributed by atoms with E-state index in [1.807, 2.05) is 25.7 Å². The molecule has 2 saturated heterocycles. The van der Waals surface area contributed by atoms with E-state index in [4.69, 9.17) is 10.00 Å². The summed E-state index contributed by atoms with van der Waals surface area (Å²) in [7, 11) is 0. The zero-order valence-corrected chi connectivity index (χ0v) is 18.9. The van der Waals surface area contributed by atoms with Crippen LogP contribution in [0, 0.1) is 17.2 Å². The van der Waals surface area contributed by atoms with Gasteiger partial charge < -0.3 is 15.0 Å². The van der Waals surface area contributed by atoms with Gasteiger partial charge in [-0.05, 0) is 65.7 Å². The van der Waals surface area contributed by atoms with Gasteiger partial charge in [-0.25, -0.2) is 4.79 Å². The highest BCUT2D eigenvalue weighted by atomic mass is 16.6. The number of nitriles is 1. The van der Waals surface area contributed by atoms with Crippen LogP contribution in [0.25, 0.3) is 0 Å². The molecule has 0 bridgehead atoms. The zero-order valence-electron chi connectivity index (χ0n) is 18.9. The maximum atomic E-state index is 12.4. The average Bonchev–Trinajstić information content (AvgIpc) is 3.06. The van der Waals surface area contributed by atoms with Crippen LogP contribution in [0.3, 0.4) is 0 Å². The van der Waals surface area contributed by atoms with Crippen molar-refractivity contribution >= 4 is 6.09 Å². The molecular formula is C23H40N4O2. The Morgan fingerprint density at radius 3 is 2.52 bits per heavy atom. The summed E-state index contributed by atoms with van der Waals surface area (Å²) in [5, 5.41) is 13.0. The summed E-state index contributed by atoms with van der Waals surface area (Å²) in [5.74, 6) is 0.529. The molecule has 0 aromatic heterocycles. The molecule has 0 spiro atoms. The lowest BCUT2D eigenvalue weighted by molar-refractivity contribution is 0.0223. The van der Waals surface area contributed by atoms with Crippen molar-refractivity contribution in [3.8, 4) is 6.07 Å². The van der Waals surface area contributed by atoms with Gasteiger partial charge >= 0.3 is 6.09 Å². The van der Waals surface area contributed by atoms with E-state index >= 15 is 0 Å². The van der Waals surface area contributed by atoms with Crippen molar-refractivity contribution in [1.29, 1.82) is 5.26 Å². The van der Waals surface area contributed by atoms with Gasteiger partial charge in [-0.15, -0.1) is 0 Å². The molecule has 0 radical (unpaired) electrons. The van der Waals surface area contributed by atoms with E-state index in [1.165, 1.54) is 25.7 Å². The molecule has 2 aliphatic heterocycles. The minimum absolute atomic E-state index is 0.0516. The second-order valence-corrected chi connectivity index (χ2v) is 10.6. The molecule has 3 aliphatic rings. The fourth-order valence-electron chi connectivity index (χ4n) is 5.36. The van der Waals surface area contributed by atoms with E-state index < -0.39 is 5.60 Å². The normalized spacial score (nSPS) is 32.2. The molecule has 2 heterocycles. The van der Waals surface area contributed by atoms with Gasteiger partial charge in [0.15, 0.2) is 0 Å². The van der Waals surface area contributed by atoms with Gasteiger partial charge in [-0.3, -0.25) is 4.90 Å². The third-order valence-electron chi connectivity index (χ3n) is 7.07. The molecule has 164 valence electrons. The molecule has 1 aliphatic carbocycles. The number of nitrogens with one attached hydrogen (secondary N) is 1. The summed E-state index contributed by atoms with van der Waals surface area (Å²) in [5.41, 5.74) is -0.390. The molecule has 29 heavy (non-hydrogen) atoms. The number of piperidine rings is 1. The third-order valence-corrected chi connectivity index (χ3v) is 7.07. The highest BCUT2D eigenvalue weighted by Gasteiger charge is 2.43. The molecule has 1 N–H and O–H groups in total. The number of hydrogen-bond acceptors (Lipinski definition) is 5. The topological polar surface area (TPSA) is 68.6 Å². The minimum Gasteiger partial charge on any atom is -0.444 e. The Hall–Kier alpha value is -1.32. The second kappa shape index (κ2) is 9.22. The third kappa shape index (κ3) is 5.86. The number of hydrogen-bond donors (Lipinski definition) is 1. The van der Waals surface area contributed by atoms with Crippen LogP contribution < -0.4 is 5.32 Å². The van der Waals surface area contributed by atoms with E-state index in [1.54, 1.807) is 0 Å². The first kappa shape index (κ1) is 22.4. The van der Waals surface area contributed by atoms with Gasteiger partial charge in [0.1, 0.15) is 5.60 Å². The Bertz CT molecular complexity index is 603. The lowest BCUT2D eigenvalue weighted by atomic mass is 9.82. The predicted molar refractivity (Wildman–Crippen MR) is 115 cm³/mol. The van der Waals surface area contributed by atoms with Crippen LogP contribution in [0.5, 0.6) is 0 Å². The Morgan fingerprint density at radius 1 is 1.17 bits per heavy atom. The fourth-order valence-corrected chi connectivity index (χ4v) is 5.36. The fraction of sp³-hybridized carbons (Fsp3) is 0.913. The van der Waals surface area contributed by atoms with Crippen molar-refractivity contribution in [2.45, 2.75) is 102 Å². The second-order valence-electron chi connectivity index (χ2n) is 10.6. The lowest BCUT2D eigenvalue weighted by Gasteiger charge is -2.44. The summed E-state index contributed by atoms with van der Waals surface area (Å²) >= 11 is 0. The van der Waals surface area contributed by atoms with Gasteiger partial charge in [0.2, 0.25) is 0 Å². The number of amides is 1. The molecule has 0 aromatic rings. The maximum Gasteiger partial charge on any atom is 0.410 e. The summed E-state index contributed by atoms with van der Waals surface area (Å²) in [6, 6.07) is 3.47. The van der Waals surface area contributed by atoms with Crippen LogP contribution in [0.15, 0.2) is 0 Å². The van der Waals surface area contributed by atoms with E-state index in [0.29, 0.717) is 24.4 Å². The van der Waals surface area contributed by atoms with Crippen LogP contribution in [0.1, 0.15) is 79.1 Å². The Morgan fingerprint density at radius 2 is 1.86 bits per heavy atom. The first-order valence-electron chi connectivity index (χ1n) is 11.6. The average molecular weight is 405 g/mol. The quantitative estimate of drug-likeness (QED) is 0.769. The number of rotatable bonds is 4. The SMILES string of the molecule is CC(C)(C)OC(=O)N1CCC(C)(N2CCC(N[C@H]3CCCC[C@@H]3CC#N)CC2)C1. The van der Waals surface area contributed by atoms with E-state index in [0.717, 1.165) is 45.4 Å². The molecular weight excluding hydrogens is 364 g/mol. The van der Waals surface area contributed by atoms with E-state index in [9.17, 15) is 4.79 Å². The summed E-state index contributed by atoms with van der Waals surface area (Å²) < 4.78 is 5.57. The minimum atomic E-state index is -0.442. The molecule has 3 fully saturated rings. The van der Waals surface area contributed by atoms with Crippen LogP contribution in [0.2, 0.25) is 0 Å². The number of likely N-dealkylation sites (tertiary alicyclic amines) is 2. The largest absolute Gasteiger partial charge is 0.444 e. The smallest absolute Gasteiger partial charge is 0.410 e. The van der Waals surface area contributed by atoms with Crippen LogP contribution in [0.4, 0.5) is 4.79 Å². The molecule has 3 atom stereocenters. The van der Waals surface area contributed by atoms with Crippen molar-refractivity contribution in [2.24, 2.45) is 5.92 Å². The number of carbonyl (C=O) groups excluding carboxylic acids is 1. The number of nitrogens with zero attached hydrogens (tertiary/aromatic N) is 3. The monoisotopic (exact) mass is 404 g/mol. The lowest BCUT2D eigenvalue weighted by Crippen LogP contribution is -2.56. The van der Waals surface area contributed by atoms with E-state index in [2.05, 4.69) is 23.2 Å². The Kier molecular flexibility index (Phi) is 7.11. The molecule has 0 aromatic carbocycles. The molecule has 1 unspecified atom stereocenters. The first-order valence-corrected chi connectivity index (χ1v) is 11.6. The summed E-state index contributed by atoms with van der Waals surface area (Å²) in [6.45, 7) is 11.8. The van der Waals surface area contributed by atoms with Gasteiger partial charge in [-0.1, -0.05) is 12.8 Å². The van der Waals surface area contributed by atoms with Crippen molar-refractivity contribution in [2.75, 3.05) is 26.2 Å². The van der Waals surface area contributed by atoms with Crippen LogP contribution in [-0.2, 0) is 4.74 Å². The van der Waals surface area contributed by atoms with E-state index in [-0.39, 0.29) is 11.6 Å². The van der Waals surface area contributed by atoms with Gasteiger partial charge in [-0.2, -0.15) is 5.26 Å². The van der Waals surface area contributed by atoms with Crippen molar-refractivity contribution < 1.29 is 9.53 Å². The Balaban J connectivity index is 1.48. The van der Waals surface area contributed by atoms with Gasteiger partial charge in [0.25, 0.3) is 0 Å². The predicted octanol–water partition coefficient (Wildman–Crippen LogP) is 3.91.